The Morgan fingerprint density at radius 1 is 1.26 bits per heavy atom. The number of carbonyl (C=O) groups excluding carboxylic acids is 1. The van der Waals surface area contributed by atoms with Crippen molar-refractivity contribution in [1.29, 1.82) is 0 Å². The first-order valence-corrected chi connectivity index (χ1v) is 9.27. The van der Waals surface area contributed by atoms with Crippen LogP contribution in [0.5, 0.6) is 0 Å². The Kier molecular flexibility index (Phi) is 5.69. The van der Waals surface area contributed by atoms with Crippen molar-refractivity contribution in [3.05, 3.63) is 0 Å². The number of rotatable bonds is 4. The van der Waals surface area contributed by atoms with Crippen molar-refractivity contribution in [3.63, 3.8) is 0 Å². The second-order valence-corrected chi connectivity index (χ2v) is 9.10. The zero-order valence-corrected chi connectivity index (χ0v) is 15.1. The molecule has 0 radical (unpaired) electrons. The van der Waals surface area contributed by atoms with E-state index in [2.05, 4.69) is 0 Å². The van der Waals surface area contributed by atoms with Crippen LogP contribution in [0.3, 0.4) is 0 Å². The van der Waals surface area contributed by atoms with Gasteiger partial charge < -0.3 is 9.84 Å². The summed E-state index contributed by atoms with van der Waals surface area (Å²) in [6.45, 7) is 6.89. The van der Waals surface area contributed by atoms with Crippen molar-refractivity contribution in [3.8, 4) is 0 Å². The topological polar surface area (TPSA) is 104 Å². The van der Waals surface area contributed by atoms with E-state index in [1.165, 1.54) is 9.21 Å². The van der Waals surface area contributed by atoms with E-state index in [0.29, 0.717) is 12.8 Å². The zero-order valence-electron chi connectivity index (χ0n) is 14.3. The van der Waals surface area contributed by atoms with Crippen LogP contribution in [0.2, 0.25) is 0 Å². The summed E-state index contributed by atoms with van der Waals surface area (Å²) in [5, 5.41) is 9.10. The first-order valence-electron chi connectivity index (χ1n) is 7.42. The fourth-order valence-electron chi connectivity index (χ4n) is 2.50. The molecule has 1 aliphatic heterocycles. The van der Waals surface area contributed by atoms with Crippen molar-refractivity contribution in [2.75, 3.05) is 25.9 Å². The van der Waals surface area contributed by atoms with E-state index in [0.717, 1.165) is 6.26 Å². The minimum atomic E-state index is -3.29. The van der Waals surface area contributed by atoms with Crippen molar-refractivity contribution >= 4 is 22.1 Å². The summed E-state index contributed by atoms with van der Waals surface area (Å²) in [6, 6.07) is 0. The summed E-state index contributed by atoms with van der Waals surface area (Å²) in [5.41, 5.74) is -1.50. The maximum Gasteiger partial charge on any atom is 0.411 e. The summed E-state index contributed by atoms with van der Waals surface area (Å²) in [7, 11) is -3.29. The molecule has 0 unspecified atom stereocenters. The number of ether oxygens (including phenoxy) is 1. The van der Waals surface area contributed by atoms with Gasteiger partial charge in [0.25, 0.3) is 0 Å². The van der Waals surface area contributed by atoms with Gasteiger partial charge in [0.15, 0.2) is 0 Å². The normalized spacial score (nSPS) is 19.2. The van der Waals surface area contributed by atoms with Crippen LogP contribution in [-0.2, 0) is 19.6 Å². The smallest absolute Gasteiger partial charge is 0.411 e. The van der Waals surface area contributed by atoms with E-state index < -0.39 is 39.8 Å². The predicted octanol–water partition coefficient (Wildman–Crippen LogP) is 1.12. The largest absolute Gasteiger partial charge is 0.480 e. The standard InChI is InChI=1S/C14H26N2O6S/c1-13(2,3)22-12(19)16(10-11(17)18)14(4)6-8-15(9-7-14)23(5,20)21/h6-10H2,1-5H3,(H,17,18). The van der Waals surface area contributed by atoms with Gasteiger partial charge in [0.2, 0.25) is 10.0 Å². The molecule has 0 aromatic rings. The summed E-state index contributed by atoms with van der Waals surface area (Å²) >= 11 is 0. The molecule has 0 aliphatic carbocycles. The fraction of sp³-hybridized carbons (Fsp3) is 0.857. The molecule has 1 amide bonds. The molecule has 8 nitrogen and oxygen atoms in total. The van der Waals surface area contributed by atoms with E-state index in [1.807, 2.05) is 0 Å². The molecule has 0 bridgehead atoms. The van der Waals surface area contributed by atoms with Gasteiger partial charge in [-0.2, -0.15) is 0 Å². The Morgan fingerprint density at radius 3 is 2.09 bits per heavy atom. The van der Waals surface area contributed by atoms with Crippen LogP contribution in [0.15, 0.2) is 0 Å². The van der Waals surface area contributed by atoms with E-state index in [-0.39, 0.29) is 13.1 Å². The van der Waals surface area contributed by atoms with Gasteiger partial charge in [-0.1, -0.05) is 0 Å². The number of aliphatic carboxylic acids is 1. The molecule has 1 aliphatic rings. The molecule has 0 saturated carbocycles. The van der Waals surface area contributed by atoms with Crippen LogP contribution in [0.1, 0.15) is 40.5 Å². The molecule has 23 heavy (non-hydrogen) atoms. The minimum Gasteiger partial charge on any atom is -0.480 e. The molecule has 1 heterocycles. The number of carboxylic acid groups (broad SMARTS) is 1. The highest BCUT2D eigenvalue weighted by atomic mass is 32.2. The Bertz CT molecular complexity index is 558. The third-order valence-corrected chi connectivity index (χ3v) is 5.13. The lowest BCUT2D eigenvalue weighted by Gasteiger charge is -2.45. The number of hydrogen-bond donors (Lipinski definition) is 1. The highest BCUT2D eigenvalue weighted by Crippen LogP contribution is 2.30. The van der Waals surface area contributed by atoms with Gasteiger partial charge in [-0.3, -0.25) is 9.69 Å². The third kappa shape index (κ3) is 5.65. The first kappa shape index (κ1) is 19.7. The molecule has 1 N–H and O–H groups in total. The second kappa shape index (κ2) is 6.64. The number of carbonyl (C=O) groups is 2. The van der Waals surface area contributed by atoms with Crippen LogP contribution in [0.25, 0.3) is 0 Å². The first-order chi connectivity index (χ1) is 10.2. The van der Waals surface area contributed by atoms with Gasteiger partial charge >= 0.3 is 12.1 Å². The lowest BCUT2D eigenvalue weighted by Crippen LogP contribution is -2.58. The van der Waals surface area contributed by atoms with E-state index in [9.17, 15) is 18.0 Å². The van der Waals surface area contributed by atoms with Gasteiger partial charge in [0.05, 0.1) is 6.26 Å². The maximum absolute atomic E-state index is 12.4. The van der Waals surface area contributed by atoms with Crippen LogP contribution in [0.4, 0.5) is 4.79 Å². The molecule has 0 aromatic carbocycles. The number of piperidine rings is 1. The number of amides is 1. The second-order valence-electron chi connectivity index (χ2n) is 7.12. The van der Waals surface area contributed by atoms with Crippen LogP contribution in [0, 0.1) is 0 Å². The van der Waals surface area contributed by atoms with Crippen molar-refractivity contribution in [2.24, 2.45) is 0 Å². The zero-order chi connectivity index (χ0) is 18.1. The Hall–Kier alpha value is -1.35. The van der Waals surface area contributed by atoms with E-state index in [4.69, 9.17) is 9.84 Å². The lowest BCUT2D eigenvalue weighted by atomic mass is 9.88. The number of nitrogens with zero attached hydrogens (tertiary/aromatic N) is 2. The van der Waals surface area contributed by atoms with Gasteiger partial charge in [0.1, 0.15) is 12.1 Å². The molecule has 1 fully saturated rings. The average molecular weight is 350 g/mol. The van der Waals surface area contributed by atoms with Gasteiger partial charge in [-0.05, 0) is 40.5 Å². The molecular formula is C14H26N2O6S. The fourth-order valence-corrected chi connectivity index (χ4v) is 3.34. The predicted molar refractivity (Wildman–Crippen MR) is 84.6 cm³/mol. The maximum atomic E-state index is 12.4. The lowest BCUT2D eigenvalue weighted by molar-refractivity contribution is -0.140. The van der Waals surface area contributed by atoms with Gasteiger partial charge in [-0.15, -0.1) is 0 Å². The third-order valence-electron chi connectivity index (χ3n) is 3.83. The summed E-state index contributed by atoms with van der Waals surface area (Å²) in [6.07, 6.45) is 1.15. The Balaban J connectivity index is 2.94. The minimum absolute atomic E-state index is 0.244. The van der Waals surface area contributed by atoms with Crippen molar-refractivity contribution in [2.45, 2.75) is 51.7 Å². The quantitative estimate of drug-likeness (QED) is 0.815. The SMILES string of the molecule is CC(C)(C)OC(=O)N(CC(=O)O)C1(C)CCN(S(C)(=O)=O)CC1. The molecule has 0 spiro atoms. The van der Waals surface area contributed by atoms with Crippen molar-refractivity contribution < 1.29 is 27.9 Å². The summed E-state index contributed by atoms with van der Waals surface area (Å²) in [4.78, 5) is 24.7. The average Bonchev–Trinajstić information content (AvgIpc) is 2.32. The number of carboxylic acids is 1. The van der Waals surface area contributed by atoms with Crippen LogP contribution >= 0.6 is 0 Å². The van der Waals surface area contributed by atoms with Gasteiger partial charge in [-0.25, -0.2) is 17.5 Å². The molecule has 9 heteroatoms. The van der Waals surface area contributed by atoms with Gasteiger partial charge in [0, 0.05) is 18.6 Å². The monoisotopic (exact) mass is 350 g/mol. The molecule has 0 atom stereocenters. The molecule has 0 aromatic heterocycles. The van der Waals surface area contributed by atoms with E-state index >= 15 is 0 Å². The van der Waals surface area contributed by atoms with Crippen LogP contribution < -0.4 is 0 Å². The summed E-state index contributed by atoms with van der Waals surface area (Å²) in [5.74, 6) is -1.14. The van der Waals surface area contributed by atoms with Crippen LogP contribution in [-0.4, -0.2) is 71.8 Å². The number of hydrogen-bond acceptors (Lipinski definition) is 5. The molecule has 134 valence electrons. The molecular weight excluding hydrogens is 324 g/mol. The molecule has 1 rings (SSSR count). The Morgan fingerprint density at radius 2 is 1.74 bits per heavy atom. The highest BCUT2D eigenvalue weighted by Gasteiger charge is 2.42. The highest BCUT2D eigenvalue weighted by molar-refractivity contribution is 7.88. The Labute approximate surface area is 137 Å². The van der Waals surface area contributed by atoms with E-state index in [1.54, 1.807) is 27.7 Å². The number of sulfonamides is 1. The summed E-state index contributed by atoms with van der Waals surface area (Å²) < 4.78 is 29.8. The molecule has 1 saturated heterocycles. The van der Waals surface area contributed by atoms with Crippen molar-refractivity contribution in [1.82, 2.24) is 9.21 Å².